The Labute approximate surface area is 121 Å². The zero-order chi connectivity index (χ0) is 14.4. The maximum Gasteiger partial charge on any atom is 0.130 e. The Morgan fingerprint density at radius 3 is 3.00 bits per heavy atom. The molecular weight excluding hydrogens is 253 g/mol. The van der Waals surface area contributed by atoms with E-state index in [-0.39, 0.29) is 11.9 Å². The molecule has 1 saturated heterocycles. The van der Waals surface area contributed by atoms with Crippen LogP contribution in [0.4, 0.5) is 4.39 Å². The lowest BCUT2D eigenvalue weighted by Gasteiger charge is -2.21. The number of ether oxygens (including phenoxy) is 1. The van der Waals surface area contributed by atoms with Crippen molar-refractivity contribution in [2.45, 2.75) is 58.1 Å². The number of hydrogen-bond donors (Lipinski definition) is 1. The van der Waals surface area contributed by atoms with Crippen LogP contribution in [0.1, 0.15) is 56.2 Å². The predicted octanol–water partition coefficient (Wildman–Crippen LogP) is 4.13. The number of halogens is 1. The van der Waals surface area contributed by atoms with Gasteiger partial charge in [-0.05, 0) is 51.1 Å². The molecule has 2 nitrogen and oxygen atoms in total. The molecular formula is C17H26FNO. The Bertz CT molecular complexity index is 415. The highest BCUT2D eigenvalue weighted by atomic mass is 19.1. The van der Waals surface area contributed by atoms with Crippen molar-refractivity contribution in [2.75, 3.05) is 13.2 Å². The Hall–Kier alpha value is -0.930. The minimum atomic E-state index is -0.0616. The molecule has 1 aromatic rings. The van der Waals surface area contributed by atoms with E-state index in [1.165, 1.54) is 0 Å². The van der Waals surface area contributed by atoms with Crippen LogP contribution in [0.5, 0.6) is 0 Å². The summed E-state index contributed by atoms with van der Waals surface area (Å²) in [6, 6.07) is 5.78. The van der Waals surface area contributed by atoms with Crippen molar-refractivity contribution in [2.24, 2.45) is 0 Å². The van der Waals surface area contributed by atoms with Crippen molar-refractivity contribution in [1.29, 1.82) is 0 Å². The fourth-order valence-electron chi connectivity index (χ4n) is 2.85. The lowest BCUT2D eigenvalue weighted by atomic mass is 9.97. The van der Waals surface area contributed by atoms with E-state index in [0.717, 1.165) is 56.4 Å². The van der Waals surface area contributed by atoms with Gasteiger partial charge in [0.05, 0.1) is 6.10 Å². The van der Waals surface area contributed by atoms with E-state index >= 15 is 0 Å². The minimum Gasteiger partial charge on any atom is -0.378 e. The summed E-state index contributed by atoms with van der Waals surface area (Å²) in [6.07, 6.45) is 5.69. The number of hydrogen-bond acceptors (Lipinski definition) is 2. The zero-order valence-electron chi connectivity index (χ0n) is 12.6. The molecule has 2 rings (SSSR count). The van der Waals surface area contributed by atoms with E-state index in [2.05, 4.69) is 12.2 Å². The van der Waals surface area contributed by atoms with Crippen molar-refractivity contribution in [3.8, 4) is 0 Å². The second-order valence-electron chi connectivity index (χ2n) is 5.70. The normalized spacial score (nSPS) is 20.2. The molecule has 1 heterocycles. The molecule has 3 heteroatoms. The largest absolute Gasteiger partial charge is 0.378 e. The Kier molecular flexibility index (Phi) is 5.99. The molecule has 112 valence electrons. The molecule has 0 saturated carbocycles. The first-order valence-electron chi connectivity index (χ1n) is 7.82. The first kappa shape index (κ1) is 15.5. The van der Waals surface area contributed by atoms with Gasteiger partial charge in [-0.15, -0.1) is 0 Å². The van der Waals surface area contributed by atoms with E-state index < -0.39 is 0 Å². The Balaban J connectivity index is 2.03. The van der Waals surface area contributed by atoms with Gasteiger partial charge in [0.25, 0.3) is 0 Å². The molecule has 1 aromatic carbocycles. The molecule has 0 aromatic heterocycles. The molecule has 2 atom stereocenters. The highest BCUT2D eigenvalue weighted by Crippen LogP contribution is 2.26. The fraction of sp³-hybridized carbons (Fsp3) is 0.647. The van der Waals surface area contributed by atoms with Crippen LogP contribution >= 0.6 is 0 Å². The highest BCUT2D eigenvalue weighted by molar-refractivity contribution is 5.27. The number of rotatable bonds is 7. The first-order valence-corrected chi connectivity index (χ1v) is 7.82. The molecule has 0 aliphatic carbocycles. The third kappa shape index (κ3) is 4.03. The van der Waals surface area contributed by atoms with Gasteiger partial charge in [0.2, 0.25) is 0 Å². The molecule has 0 amide bonds. The van der Waals surface area contributed by atoms with Crippen LogP contribution in [0.3, 0.4) is 0 Å². The average Bonchev–Trinajstić information content (AvgIpc) is 2.96. The summed E-state index contributed by atoms with van der Waals surface area (Å²) in [7, 11) is 0. The molecule has 1 aliphatic heterocycles. The van der Waals surface area contributed by atoms with Gasteiger partial charge in [-0.25, -0.2) is 4.39 Å². The van der Waals surface area contributed by atoms with Crippen molar-refractivity contribution >= 4 is 0 Å². The fourth-order valence-corrected chi connectivity index (χ4v) is 2.85. The molecule has 0 bridgehead atoms. The van der Waals surface area contributed by atoms with E-state index in [1.54, 1.807) is 0 Å². The second kappa shape index (κ2) is 7.75. The molecule has 0 spiro atoms. The van der Waals surface area contributed by atoms with Crippen LogP contribution in [-0.4, -0.2) is 19.3 Å². The molecule has 1 N–H and O–H groups in total. The van der Waals surface area contributed by atoms with Gasteiger partial charge in [-0.3, -0.25) is 0 Å². The maximum atomic E-state index is 14.3. The van der Waals surface area contributed by atoms with E-state index in [9.17, 15) is 4.39 Å². The van der Waals surface area contributed by atoms with Gasteiger partial charge < -0.3 is 10.1 Å². The van der Waals surface area contributed by atoms with Gasteiger partial charge in [-0.1, -0.05) is 25.1 Å². The van der Waals surface area contributed by atoms with Crippen molar-refractivity contribution in [1.82, 2.24) is 5.32 Å². The van der Waals surface area contributed by atoms with Crippen molar-refractivity contribution in [3.63, 3.8) is 0 Å². The second-order valence-corrected chi connectivity index (χ2v) is 5.70. The van der Waals surface area contributed by atoms with E-state index in [1.807, 2.05) is 25.1 Å². The highest BCUT2D eigenvalue weighted by Gasteiger charge is 2.20. The van der Waals surface area contributed by atoms with E-state index in [4.69, 9.17) is 4.74 Å². The topological polar surface area (TPSA) is 21.3 Å². The maximum absolute atomic E-state index is 14.3. The average molecular weight is 279 g/mol. The molecule has 0 radical (unpaired) electrons. The number of nitrogens with one attached hydrogen (secondary N) is 1. The summed E-state index contributed by atoms with van der Waals surface area (Å²) < 4.78 is 20.0. The Morgan fingerprint density at radius 2 is 2.30 bits per heavy atom. The van der Waals surface area contributed by atoms with Crippen LogP contribution in [-0.2, 0) is 4.74 Å². The first-order chi connectivity index (χ1) is 9.72. The summed E-state index contributed by atoms with van der Waals surface area (Å²) in [6.45, 7) is 5.77. The molecule has 2 unspecified atom stereocenters. The third-order valence-corrected chi connectivity index (χ3v) is 4.04. The third-order valence-electron chi connectivity index (χ3n) is 4.04. The zero-order valence-corrected chi connectivity index (χ0v) is 12.6. The predicted molar refractivity (Wildman–Crippen MR) is 80.4 cm³/mol. The minimum absolute atomic E-state index is 0.0616. The van der Waals surface area contributed by atoms with Gasteiger partial charge >= 0.3 is 0 Å². The quantitative estimate of drug-likeness (QED) is 0.810. The van der Waals surface area contributed by atoms with Gasteiger partial charge in [0, 0.05) is 18.2 Å². The number of benzene rings is 1. The lowest BCUT2D eigenvalue weighted by molar-refractivity contribution is 0.0994. The van der Waals surface area contributed by atoms with E-state index in [0.29, 0.717) is 6.10 Å². The summed E-state index contributed by atoms with van der Waals surface area (Å²) in [5.41, 5.74) is 1.53. The van der Waals surface area contributed by atoms with Gasteiger partial charge in [-0.2, -0.15) is 0 Å². The van der Waals surface area contributed by atoms with Crippen molar-refractivity contribution in [3.05, 3.63) is 35.1 Å². The lowest BCUT2D eigenvalue weighted by Crippen LogP contribution is -2.24. The molecule has 1 aliphatic rings. The van der Waals surface area contributed by atoms with Crippen molar-refractivity contribution < 1.29 is 9.13 Å². The van der Waals surface area contributed by atoms with Gasteiger partial charge in [0.15, 0.2) is 0 Å². The molecule has 20 heavy (non-hydrogen) atoms. The summed E-state index contributed by atoms with van der Waals surface area (Å²) in [5.74, 6) is -0.0616. The number of aryl methyl sites for hydroxylation is 1. The summed E-state index contributed by atoms with van der Waals surface area (Å²) in [4.78, 5) is 0. The van der Waals surface area contributed by atoms with Crippen LogP contribution in [0.25, 0.3) is 0 Å². The smallest absolute Gasteiger partial charge is 0.130 e. The SMILES string of the molecule is CCCNC(CCC1CCCO1)c1cccc(C)c1F. The van der Waals surface area contributed by atoms with Crippen LogP contribution < -0.4 is 5.32 Å². The van der Waals surface area contributed by atoms with Gasteiger partial charge in [0.1, 0.15) is 5.82 Å². The van der Waals surface area contributed by atoms with Crippen LogP contribution in [0.15, 0.2) is 18.2 Å². The monoisotopic (exact) mass is 279 g/mol. The Morgan fingerprint density at radius 1 is 1.45 bits per heavy atom. The van der Waals surface area contributed by atoms with Crippen LogP contribution in [0, 0.1) is 12.7 Å². The summed E-state index contributed by atoms with van der Waals surface area (Å²) >= 11 is 0. The summed E-state index contributed by atoms with van der Waals surface area (Å²) in [5, 5.41) is 3.48. The standard InChI is InChI=1S/C17H26FNO/c1-3-11-19-16(10-9-14-7-5-12-20-14)15-8-4-6-13(2)17(15)18/h4,6,8,14,16,19H,3,5,7,9-12H2,1-2H3. The molecule has 1 fully saturated rings. The van der Waals surface area contributed by atoms with Crippen LogP contribution in [0.2, 0.25) is 0 Å².